The number of anilines is 1. The average Bonchev–Trinajstić information content (AvgIpc) is 3.43. The molecule has 0 bridgehead atoms. The molecule has 0 aliphatic heterocycles. The molecule has 1 amide bonds. The van der Waals surface area contributed by atoms with Gasteiger partial charge in [-0.25, -0.2) is 9.67 Å². The number of carbonyl (C=O) groups excluding carboxylic acids is 1. The Morgan fingerprint density at radius 1 is 1.30 bits per heavy atom. The lowest BCUT2D eigenvalue weighted by Crippen LogP contribution is -2.10. The molecule has 1 N–H and O–H groups in total. The minimum atomic E-state index is -4.54. The fraction of sp³-hybridized carbons (Fsp3) is 0.235. The van der Waals surface area contributed by atoms with E-state index in [-0.39, 0.29) is 10.9 Å². The van der Waals surface area contributed by atoms with Crippen molar-refractivity contribution in [3.05, 3.63) is 47.4 Å². The van der Waals surface area contributed by atoms with Crippen LogP contribution in [0.3, 0.4) is 0 Å². The Kier molecular flexibility index (Phi) is 4.68. The van der Waals surface area contributed by atoms with Crippen molar-refractivity contribution in [1.82, 2.24) is 29.7 Å². The summed E-state index contributed by atoms with van der Waals surface area (Å²) in [5.41, 5.74) is 1.44. The molecular weight excluding hydrogens is 423 g/mol. The molecule has 30 heavy (non-hydrogen) atoms. The molecule has 4 heterocycles. The summed E-state index contributed by atoms with van der Waals surface area (Å²) >= 11 is 0.983. The largest absolute Gasteiger partial charge is 0.435 e. The molecular formula is C17H14F3N7O2S. The fourth-order valence-corrected chi connectivity index (χ4v) is 3.56. The zero-order valence-corrected chi connectivity index (χ0v) is 16.7. The van der Waals surface area contributed by atoms with Gasteiger partial charge in [0.15, 0.2) is 10.8 Å². The number of aromatic nitrogens is 6. The standard InChI is InChI=1S/C17H14F3N7O2S/c1-8-15(27-5-4-13(24-27)17(18,19)20)30-16(22-8)23-14(28)12-6-11(25-29-12)10-7-21-26(3)9(10)2/h4-7H,1-3H3,(H,22,23,28). The molecule has 0 radical (unpaired) electrons. The van der Waals surface area contributed by atoms with E-state index < -0.39 is 17.8 Å². The minimum absolute atomic E-state index is 0.0406. The maximum absolute atomic E-state index is 12.8. The third kappa shape index (κ3) is 3.58. The van der Waals surface area contributed by atoms with E-state index in [0.717, 1.165) is 33.3 Å². The summed E-state index contributed by atoms with van der Waals surface area (Å²) in [5, 5.41) is 14.6. The SMILES string of the molecule is Cc1nc(NC(=O)c2cc(-c3cnn(C)c3C)no2)sc1-n1ccc(C(F)(F)F)n1. The van der Waals surface area contributed by atoms with Crippen LogP contribution in [0.5, 0.6) is 0 Å². The van der Waals surface area contributed by atoms with Gasteiger partial charge in [0, 0.05) is 30.6 Å². The second kappa shape index (κ2) is 7.09. The Balaban J connectivity index is 1.53. The Labute approximate surface area is 171 Å². The number of nitrogens with zero attached hydrogens (tertiary/aromatic N) is 6. The molecule has 0 spiro atoms. The first kappa shape index (κ1) is 19.8. The highest BCUT2D eigenvalue weighted by Crippen LogP contribution is 2.31. The van der Waals surface area contributed by atoms with Crippen LogP contribution in [0.25, 0.3) is 16.3 Å². The number of carbonyl (C=O) groups is 1. The quantitative estimate of drug-likeness (QED) is 0.523. The Morgan fingerprint density at radius 3 is 2.70 bits per heavy atom. The van der Waals surface area contributed by atoms with Gasteiger partial charge in [-0.15, -0.1) is 0 Å². The molecule has 4 rings (SSSR count). The van der Waals surface area contributed by atoms with Crippen LogP contribution in [0.1, 0.15) is 27.6 Å². The molecule has 13 heteroatoms. The van der Waals surface area contributed by atoms with Gasteiger partial charge < -0.3 is 4.52 Å². The van der Waals surface area contributed by atoms with E-state index in [1.54, 1.807) is 24.9 Å². The predicted octanol–water partition coefficient (Wildman–Crippen LogP) is 3.61. The van der Waals surface area contributed by atoms with Gasteiger partial charge in [0.1, 0.15) is 10.7 Å². The normalized spacial score (nSPS) is 11.8. The van der Waals surface area contributed by atoms with Crippen LogP contribution in [0.4, 0.5) is 18.3 Å². The second-order valence-corrected chi connectivity index (χ2v) is 7.33. The maximum Gasteiger partial charge on any atom is 0.435 e. The van der Waals surface area contributed by atoms with Crippen LogP contribution in [0.15, 0.2) is 29.0 Å². The van der Waals surface area contributed by atoms with Gasteiger partial charge in [0.2, 0.25) is 5.76 Å². The summed E-state index contributed by atoms with van der Waals surface area (Å²) in [6, 6.07) is 2.34. The van der Waals surface area contributed by atoms with E-state index in [1.165, 1.54) is 12.3 Å². The summed E-state index contributed by atoms with van der Waals surface area (Å²) in [6.45, 7) is 3.46. The number of nitrogens with one attached hydrogen (secondary N) is 1. The summed E-state index contributed by atoms with van der Waals surface area (Å²) in [6.07, 6.45) is -1.74. The molecule has 0 atom stereocenters. The fourth-order valence-electron chi connectivity index (χ4n) is 2.66. The van der Waals surface area contributed by atoms with Crippen molar-refractivity contribution in [2.75, 3.05) is 5.32 Å². The van der Waals surface area contributed by atoms with Crippen molar-refractivity contribution < 1.29 is 22.5 Å². The number of hydrogen-bond acceptors (Lipinski definition) is 7. The zero-order valence-electron chi connectivity index (χ0n) is 15.9. The number of halogens is 3. The number of alkyl halides is 3. The highest BCUT2D eigenvalue weighted by Gasteiger charge is 2.34. The van der Waals surface area contributed by atoms with Crippen LogP contribution in [-0.2, 0) is 13.2 Å². The monoisotopic (exact) mass is 437 g/mol. The molecule has 0 aromatic carbocycles. The first-order chi connectivity index (χ1) is 14.1. The first-order valence-corrected chi connectivity index (χ1v) is 9.33. The smallest absolute Gasteiger partial charge is 0.350 e. The molecule has 156 valence electrons. The van der Waals surface area contributed by atoms with Gasteiger partial charge >= 0.3 is 6.18 Å². The topological polar surface area (TPSA) is 104 Å². The highest BCUT2D eigenvalue weighted by atomic mass is 32.1. The van der Waals surface area contributed by atoms with Crippen molar-refractivity contribution in [3.63, 3.8) is 0 Å². The second-order valence-electron chi connectivity index (χ2n) is 6.35. The summed E-state index contributed by atoms with van der Waals surface area (Å²) in [7, 11) is 1.78. The van der Waals surface area contributed by atoms with E-state index in [2.05, 4.69) is 25.7 Å². The molecule has 0 aliphatic rings. The van der Waals surface area contributed by atoms with Gasteiger partial charge in [-0.2, -0.15) is 23.4 Å². The first-order valence-electron chi connectivity index (χ1n) is 8.51. The molecule has 0 aliphatic carbocycles. The lowest BCUT2D eigenvalue weighted by Gasteiger charge is -2.01. The van der Waals surface area contributed by atoms with Gasteiger partial charge in [-0.1, -0.05) is 16.5 Å². The maximum atomic E-state index is 12.8. The Bertz CT molecular complexity index is 1230. The molecule has 9 nitrogen and oxygen atoms in total. The number of rotatable bonds is 4. The van der Waals surface area contributed by atoms with Gasteiger partial charge in [0.05, 0.1) is 11.9 Å². The Hall–Kier alpha value is -3.48. The minimum Gasteiger partial charge on any atom is -0.350 e. The molecule has 4 aromatic rings. The summed E-state index contributed by atoms with van der Waals surface area (Å²) in [4.78, 5) is 16.6. The molecule has 0 fully saturated rings. The van der Waals surface area contributed by atoms with Crippen LogP contribution >= 0.6 is 11.3 Å². The van der Waals surface area contributed by atoms with Crippen molar-refractivity contribution in [3.8, 4) is 16.3 Å². The van der Waals surface area contributed by atoms with E-state index in [0.29, 0.717) is 16.4 Å². The van der Waals surface area contributed by atoms with Crippen molar-refractivity contribution in [2.45, 2.75) is 20.0 Å². The number of hydrogen-bond donors (Lipinski definition) is 1. The van der Waals surface area contributed by atoms with E-state index >= 15 is 0 Å². The van der Waals surface area contributed by atoms with E-state index in [1.807, 2.05) is 6.92 Å². The van der Waals surface area contributed by atoms with E-state index in [9.17, 15) is 18.0 Å². The lowest BCUT2D eigenvalue weighted by molar-refractivity contribution is -0.141. The summed E-state index contributed by atoms with van der Waals surface area (Å²) in [5.74, 6) is -0.631. The van der Waals surface area contributed by atoms with Gasteiger partial charge in [-0.3, -0.25) is 14.8 Å². The van der Waals surface area contributed by atoms with Crippen LogP contribution in [0, 0.1) is 13.8 Å². The van der Waals surface area contributed by atoms with Crippen LogP contribution in [-0.4, -0.2) is 35.6 Å². The number of thiazole rings is 1. The van der Waals surface area contributed by atoms with Gasteiger partial charge in [0.25, 0.3) is 5.91 Å². The summed E-state index contributed by atoms with van der Waals surface area (Å²) < 4.78 is 46.2. The van der Waals surface area contributed by atoms with Crippen molar-refractivity contribution in [1.29, 1.82) is 0 Å². The van der Waals surface area contributed by atoms with Crippen molar-refractivity contribution in [2.24, 2.45) is 7.05 Å². The third-order valence-corrected chi connectivity index (χ3v) is 5.39. The van der Waals surface area contributed by atoms with Crippen LogP contribution in [0.2, 0.25) is 0 Å². The average molecular weight is 437 g/mol. The van der Waals surface area contributed by atoms with Crippen molar-refractivity contribution >= 4 is 22.4 Å². The molecule has 4 aromatic heterocycles. The van der Waals surface area contributed by atoms with E-state index in [4.69, 9.17) is 4.52 Å². The lowest BCUT2D eigenvalue weighted by atomic mass is 10.2. The van der Waals surface area contributed by atoms with Crippen LogP contribution < -0.4 is 5.32 Å². The third-order valence-electron chi connectivity index (χ3n) is 4.33. The predicted molar refractivity (Wildman–Crippen MR) is 100 cm³/mol. The molecule has 0 saturated carbocycles. The Morgan fingerprint density at radius 2 is 2.07 bits per heavy atom. The number of amides is 1. The van der Waals surface area contributed by atoms with Gasteiger partial charge in [-0.05, 0) is 19.9 Å². The molecule has 0 saturated heterocycles. The highest BCUT2D eigenvalue weighted by molar-refractivity contribution is 7.18. The number of aryl methyl sites for hydroxylation is 2. The zero-order chi connectivity index (χ0) is 21.6. The molecule has 0 unspecified atom stereocenters.